The molecule has 2 aliphatic heterocycles. The normalized spacial score (nSPS) is 27.5. The van der Waals surface area contributed by atoms with E-state index in [1.54, 1.807) is 28.6 Å². The lowest BCUT2D eigenvalue weighted by molar-refractivity contribution is -0.138. The molecule has 1 N–H and O–H groups in total. The van der Waals surface area contributed by atoms with Gasteiger partial charge in [-0.15, -0.1) is 0 Å². The van der Waals surface area contributed by atoms with Gasteiger partial charge in [-0.05, 0) is 0 Å². The molecule has 13 heavy (non-hydrogen) atoms. The largest absolute Gasteiger partial charge is 0.391 e. The van der Waals surface area contributed by atoms with Crippen molar-refractivity contribution in [2.45, 2.75) is 12.5 Å². The standard InChI is InChI=1S/C8H11N3O2/c12-7-5-8(13)11(6-7)10-3-1-9-2-4-10/h1-3,7,12H,4-6H2. The molecule has 0 spiro atoms. The van der Waals surface area contributed by atoms with Crippen molar-refractivity contribution < 1.29 is 9.90 Å². The van der Waals surface area contributed by atoms with Crippen molar-refractivity contribution in [1.29, 1.82) is 0 Å². The molecule has 1 unspecified atom stereocenters. The highest BCUT2D eigenvalue weighted by atomic mass is 16.3. The predicted octanol–water partition coefficient (Wildman–Crippen LogP) is -0.648. The van der Waals surface area contributed by atoms with E-state index in [9.17, 15) is 9.90 Å². The van der Waals surface area contributed by atoms with Gasteiger partial charge in [0.25, 0.3) is 0 Å². The van der Waals surface area contributed by atoms with Gasteiger partial charge >= 0.3 is 0 Å². The third-order valence-electron chi connectivity index (χ3n) is 2.09. The van der Waals surface area contributed by atoms with Crippen LogP contribution in [0.15, 0.2) is 17.4 Å². The zero-order valence-corrected chi connectivity index (χ0v) is 7.13. The molecule has 0 aromatic carbocycles. The van der Waals surface area contributed by atoms with Crippen molar-refractivity contribution in [2.75, 3.05) is 13.1 Å². The number of rotatable bonds is 1. The molecule has 1 saturated heterocycles. The Morgan fingerprint density at radius 2 is 2.46 bits per heavy atom. The Balaban J connectivity index is 2.05. The van der Waals surface area contributed by atoms with Crippen LogP contribution in [0.3, 0.4) is 0 Å². The molecule has 0 radical (unpaired) electrons. The Hall–Kier alpha value is -1.36. The average molecular weight is 181 g/mol. The number of carbonyl (C=O) groups is 1. The molecule has 5 nitrogen and oxygen atoms in total. The summed E-state index contributed by atoms with van der Waals surface area (Å²) >= 11 is 0. The van der Waals surface area contributed by atoms with Crippen LogP contribution in [0.5, 0.6) is 0 Å². The van der Waals surface area contributed by atoms with E-state index < -0.39 is 6.10 Å². The second-order valence-corrected chi connectivity index (χ2v) is 3.09. The van der Waals surface area contributed by atoms with Gasteiger partial charge in [-0.3, -0.25) is 19.8 Å². The third-order valence-corrected chi connectivity index (χ3v) is 2.09. The monoisotopic (exact) mass is 181 g/mol. The number of carbonyl (C=O) groups excluding carboxylic acids is 1. The van der Waals surface area contributed by atoms with Gasteiger partial charge < -0.3 is 5.11 Å². The van der Waals surface area contributed by atoms with Crippen molar-refractivity contribution in [3.8, 4) is 0 Å². The van der Waals surface area contributed by atoms with Crippen molar-refractivity contribution in [3.63, 3.8) is 0 Å². The quantitative estimate of drug-likeness (QED) is 0.585. The number of aliphatic hydroxyl groups is 1. The van der Waals surface area contributed by atoms with E-state index in [0.29, 0.717) is 13.1 Å². The van der Waals surface area contributed by atoms with Gasteiger partial charge in [-0.2, -0.15) is 0 Å². The Morgan fingerprint density at radius 1 is 1.62 bits per heavy atom. The molecule has 70 valence electrons. The van der Waals surface area contributed by atoms with E-state index in [4.69, 9.17) is 0 Å². The Labute approximate surface area is 75.9 Å². The fourth-order valence-electron chi connectivity index (χ4n) is 1.47. The van der Waals surface area contributed by atoms with E-state index in [2.05, 4.69) is 4.99 Å². The Bertz CT molecular complexity index is 275. The first kappa shape index (κ1) is 8.25. The van der Waals surface area contributed by atoms with E-state index in [0.717, 1.165) is 0 Å². The molecule has 5 heteroatoms. The number of β-amino-alcohol motifs (C(OH)–C–C–N with tert-alkyl or cyclic N) is 1. The zero-order chi connectivity index (χ0) is 9.26. The second-order valence-electron chi connectivity index (χ2n) is 3.09. The van der Waals surface area contributed by atoms with Crippen molar-refractivity contribution in [2.24, 2.45) is 4.99 Å². The van der Waals surface area contributed by atoms with Gasteiger partial charge in [-0.25, -0.2) is 0 Å². The van der Waals surface area contributed by atoms with Gasteiger partial charge in [-0.1, -0.05) is 0 Å². The van der Waals surface area contributed by atoms with Crippen LogP contribution in [0, 0.1) is 0 Å². The Morgan fingerprint density at radius 3 is 3.00 bits per heavy atom. The lowest BCUT2D eigenvalue weighted by Crippen LogP contribution is -2.42. The molecule has 0 aliphatic carbocycles. The summed E-state index contributed by atoms with van der Waals surface area (Å²) in [7, 11) is 0. The smallest absolute Gasteiger partial charge is 0.243 e. The second kappa shape index (κ2) is 3.18. The van der Waals surface area contributed by atoms with Crippen LogP contribution in [0.1, 0.15) is 6.42 Å². The van der Waals surface area contributed by atoms with E-state index in [-0.39, 0.29) is 12.3 Å². The first-order valence-corrected chi connectivity index (χ1v) is 4.20. The van der Waals surface area contributed by atoms with E-state index in [1.807, 2.05) is 0 Å². The summed E-state index contributed by atoms with van der Waals surface area (Å²) < 4.78 is 0. The van der Waals surface area contributed by atoms with Crippen molar-refractivity contribution >= 4 is 12.1 Å². The van der Waals surface area contributed by atoms with Crippen LogP contribution < -0.4 is 0 Å². The number of aliphatic hydroxyl groups excluding tert-OH is 1. The minimum Gasteiger partial charge on any atom is -0.391 e. The summed E-state index contributed by atoms with van der Waals surface area (Å²) in [6.45, 7) is 0.978. The molecule has 0 saturated carbocycles. The maximum atomic E-state index is 11.3. The Kier molecular flexibility index (Phi) is 2.02. The number of nitrogens with zero attached hydrogens (tertiary/aromatic N) is 3. The topological polar surface area (TPSA) is 56.1 Å². The lowest BCUT2D eigenvalue weighted by atomic mass is 10.3. The van der Waals surface area contributed by atoms with Crippen LogP contribution in [0.4, 0.5) is 0 Å². The van der Waals surface area contributed by atoms with Gasteiger partial charge in [0.05, 0.1) is 25.6 Å². The fourth-order valence-corrected chi connectivity index (χ4v) is 1.47. The molecule has 2 heterocycles. The molecule has 0 aromatic heterocycles. The SMILES string of the molecule is O=C1CC(O)CN1N1C=CN=CC1. The van der Waals surface area contributed by atoms with Crippen LogP contribution in [0.2, 0.25) is 0 Å². The number of hydrazine groups is 1. The highest BCUT2D eigenvalue weighted by Crippen LogP contribution is 2.14. The van der Waals surface area contributed by atoms with Gasteiger partial charge in [0.15, 0.2) is 0 Å². The molecule has 1 fully saturated rings. The van der Waals surface area contributed by atoms with Gasteiger partial charge in [0, 0.05) is 18.6 Å². The third kappa shape index (κ3) is 1.55. The highest BCUT2D eigenvalue weighted by Gasteiger charge is 2.31. The summed E-state index contributed by atoms with van der Waals surface area (Å²) in [6.07, 6.45) is 4.77. The van der Waals surface area contributed by atoms with Crippen LogP contribution in [-0.2, 0) is 4.79 Å². The molecule has 2 aliphatic rings. The summed E-state index contributed by atoms with van der Waals surface area (Å²) in [5, 5.41) is 12.6. The summed E-state index contributed by atoms with van der Waals surface area (Å²) in [4.78, 5) is 15.2. The minimum absolute atomic E-state index is 0.0348. The van der Waals surface area contributed by atoms with Crippen LogP contribution >= 0.6 is 0 Å². The molecule has 1 amide bonds. The zero-order valence-electron chi connectivity index (χ0n) is 7.13. The first-order chi connectivity index (χ1) is 6.27. The minimum atomic E-state index is -0.528. The fraction of sp³-hybridized carbons (Fsp3) is 0.500. The van der Waals surface area contributed by atoms with Gasteiger partial charge in [0.1, 0.15) is 0 Å². The predicted molar refractivity (Wildman–Crippen MR) is 46.7 cm³/mol. The molecular weight excluding hydrogens is 170 g/mol. The average Bonchev–Trinajstić information content (AvgIpc) is 2.47. The highest BCUT2D eigenvalue weighted by molar-refractivity contribution is 5.79. The molecule has 1 atom stereocenters. The number of aliphatic imine (C=N–C) groups is 1. The maximum Gasteiger partial charge on any atom is 0.243 e. The van der Waals surface area contributed by atoms with Crippen LogP contribution in [-0.4, -0.2) is 46.4 Å². The number of amides is 1. The first-order valence-electron chi connectivity index (χ1n) is 4.20. The van der Waals surface area contributed by atoms with Crippen molar-refractivity contribution in [1.82, 2.24) is 10.0 Å². The maximum absolute atomic E-state index is 11.3. The summed E-state index contributed by atoms with van der Waals surface area (Å²) in [6, 6.07) is 0. The lowest BCUT2D eigenvalue weighted by Gasteiger charge is -2.29. The summed E-state index contributed by atoms with van der Waals surface area (Å²) in [5.41, 5.74) is 0. The summed E-state index contributed by atoms with van der Waals surface area (Å²) in [5.74, 6) is -0.0348. The van der Waals surface area contributed by atoms with Gasteiger partial charge in [0.2, 0.25) is 5.91 Å². The molecule has 0 bridgehead atoms. The van der Waals surface area contributed by atoms with E-state index in [1.165, 1.54) is 0 Å². The molecule has 0 aromatic rings. The van der Waals surface area contributed by atoms with Crippen LogP contribution in [0.25, 0.3) is 0 Å². The molecular formula is C8H11N3O2. The van der Waals surface area contributed by atoms with Crippen molar-refractivity contribution in [3.05, 3.63) is 12.4 Å². The number of hydrogen-bond acceptors (Lipinski definition) is 4. The number of hydrogen-bond donors (Lipinski definition) is 1. The van der Waals surface area contributed by atoms with E-state index >= 15 is 0 Å². The molecule has 2 rings (SSSR count).